The number of hydrogen-bond donors (Lipinski definition) is 2. The standard InChI is InChI=1S/C7H4F4O3/c8-3-1-2(6(12)13)4(9)5(10)7(3,11)14/h1-2,14H,(H,12,13). The maximum absolute atomic E-state index is 12.7. The van der Waals surface area contributed by atoms with Crippen LogP contribution in [-0.2, 0) is 4.79 Å². The molecule has 0 aromatic carbocycles. The lowest BCUT2D eigenvalue weighted by molar-refractivity contribution is -0.140. The van der Waals surface area contributed by atoms with Gasteiger partial charge < -0.3 is 10.2 Å². The molecule has 2 atom stereocenters. The Morgan fingerprint density at radius 1 is 1.43 bits per heavy atom. The van der Waals surface area contributed by atoms with Crippen molar-refractivity contribution < 1.29 is 32.6 Å². The van der Waals surface area contributed by atoms with Crippen molar-refractivity contribution in [2.75, 3.05) is 0 Å². The van der Waals surface area contributed by atoms with E-state index in [0.29, 0.717) is 0 Å². The van der Waals surface area contributed by atoms with E-state index >= 15 is 0 Å². The highest BCUT2D eigenvalue weighted by Crippen LogP contribution is 2.40. The third-order valence-corrected chi connectivity index (χ3v) is 1.67. The third-order valence-electron chi connectivity index (χ3n) is 1.67. The highest BCUT2D eigenvalue weighted by atomic mass is 19.2. The Morgan fingerprint density at radius 3 is 2.36 bits per heavy atom. The number of carboxylic acids is 1. The molecule has 1 rings (SSSR count). The molecule has 0 aromatic rings. The molecule has 2 N–H and O–H groups in total. The van der Waals surface area contributed by atoms with E-state index in [2.05, 4.69) is 0 Å². The summed E-state index contributed by atoms with van der Waals surface area (Å²) in [6.07, 6.45) is -0.0409. The highest BCUT2D eigenvalue weighted by molar-refractivity contribution is 5.76. The zero-order chi connectivity index (χ0) is 11.1. The fourth-order valence-corrected chi connectivity index (χ4v) is 0.909. The normalized spacial score (nSPS) is 32.9. The van der Waals surface area contributed by atoms with Crippen molar-refractivity contribution in [2.24, 2.45) is 5.92 Å². The minimum absolute atomic E-state index is 0.0409. The first-order valence-electron chi connectivity index (χ1n) is 3.36. The summed E-state index contributed by atoms with van der Waals surface area (Å²) in [5, 5.41) is 16.7. The summed E-state index contributed by atoms with van der Waals surface area (Å²) >= 11 is 0. The number of aliphatic carboxylic acids is 1. The molecule has 3 nitrogen and oxygen atoms in total. The summed E-state index contributed by atoms with van der Waals surface area (Å²) < 4.78 is 50.3. The molecule has 0 saturated carbocycles. The van der Waals surface area contributed by atoms with Gasteiger partial charge in [-0.15, -0.1) is 0 Å². The summed E-state index contributed by atoms with van der Waals surface area (Å²) in [5.41, 5.74) is 0. The maximum Gasteiger partial charge on any atom is 0.317 e. The van der Waals surface area contributed by atoms with Crippen LogP contribution in [0, 0.1) is 5.92 Å². The van der Waals surface area contributed by atoms with Crippen LogP contribution in [0.1, 0.15) is 0 Å². The van der Waals surface area contributed by atoms with Gasteiger partial charge in [-0.2, -0.15) is 4.39 Å². The summed E-state index contributed by atoms with van der Waals surface area (Å²) in [6, 6.07) is 0. The molecule has 2 unspecified atom stereocenters. The minimum atomic E-state index is -4.20. The van der Waals surface area contributed by atoms with E-state index in [1.54, 1.807) is 0 Å². The van der Waals surface area contributed by atoms with Gasteiger partial charge in [0.05, 0.1) is 0 Å². The van der Waals surface area contributed by atoms with Crippen LogP contribution in [0.25, 0.3) is 0 Å². The number of carboxylic acid groups (broad SMARTS) is 1. The number of hydrogen-bond acceptors (Lipinski definition) is 2. The Morgan fingerprint density at radius 2 is 1.93 bits per heavy atom. The van der Waals surface area contributed by atoms with E-state index in [-0.39, 0.29) is 6.08 Å². The monoisotopic (exact) mass is 212 g/mol. The molecule has 0 aliphatic heterocycles. The molecule has 0 amide bonds. The molecular weight excluding hydrogens is 208 g/mol. The molecule has 14 heavy (non-hydrogen) atoms. The second-order valence-corrected chi connectivity index (χ2v) is 2.61. The fourth-order valence-electron chi connectivity index (χ4n) is 0.909. The van der Waals surface area contributed by atoms with Gasteiger partial charge in [0.2, 0.25) is 5.83 Å². The van der Waals surface area contributed by atoms with Gasteiger partial charge in [-0.25, -0.2) is 13.2 Å². The van der Waals surface area contributed by atoms with Crippen molar-refractivity contribution >= 4 is 5.97 Å². The second kappa shape index (κ2) is 3.09. The van der Waals surface area contributed by atoms with Crippen LogP contribution in [0.4, 0.5) is 17.6 Å². The number of halogens is 4. The summed E-state index contributed by atoms with van der Waals surface area (Å²) in [5.74, 6) is -14.9. The number of carbonyl (C=O) groups is 1. The molecule has 1 aliphatic rings. The van der Waals surface area contributed by atoms with Gasteiger partial charge in [-0.1, -0.05) is 0 Å². The molecule has 78 valence electrons. The Hall–Kier alpha value is -1.37. The highest BCUT2D eigenvalue weighted by Gasteiger charge is 2.47. The fraction of sp³-hybridized carbons (Fsp3) is 0.286. The lowest BCUT2D eigenvalue weighted by Crippen LogP contribution is -2.31. The minimum Gasteiger partial charge on any atom is -0.480 e. The Kier molecular flexibility index (Phi) is 2.36. The first kappa shape index (κ1) is 10.7. The molecule has 0 aromatic heterocycles. The SMILES string of the molecule is O=C(O)C1C=C(F)C(O)(F)C(F)=C1F. The predicted molar refractivity (Wildman–Crippen MR) is 35.6 cm³/mol. The van der Waals surface area contributed by atoms with Crippen molar-refractivity contribution in [1.29, 1.82) is 0 Å². The van der Waals surface area contributed by atoms with Crippen LogP contribution >= 0.6 is 0 Å². The van der Waals surface area contributed by atoms with E-state index < -0.39 is 35.2 Å². The van der Waals surface area contributed by atoms with Crippen LogP contribution in [0.15, 0.2) is 23.6 Å². The molecular formula is C7H4F4O3. The van der Waals surface area contributed by atoms with Crippen LogP contribution < -0.4 is 0 Å². The zero-order valence-corrected chi connectivity index (χ0v) is 6.47. The summed E-state index contributed by atoms with van der Waals surface area (Å²) in [6.45, 7) is 0. The van der Waals surface area contributed by atoms with E-state index in [0.717, 1.165) is 0 Å². The Balaban J connectivity index is 3.23. The molecule has 0 spiro atoms. The van der Waals surface area contributed by atoms with Gasteiger partial charge >= 0.3 is 11.8 Å². The summed E-state index contributed by atoms with van der Waals surface area (Å²) in [7, 11) is 0. The number of alkyl halides is 1. The van der Waals surface area contributed by atoms with Crippen molar-refractivity contribution in [3.05, 3.63) is 23.6 Å². The molecule has 1 aliphatic carbocycles. The largest absolute Gasteiger partial charge is 0.480 e. The zero-order valence-electron chi connectivity index (χ0n) is 6.47. The van der Waals surface area contributed by atoms with E-state index in [1.807, 2.05) is 0 Å². The van der Waals surface area contributed by atoms with E-state index in [1.165, 1.54) is 0 Å². The molecule has 0 bridgehead atoms. The predicted octanol–water partition coefficient (Wildman–Crippen LogP) is 1.36. The van der Waals surface area contributed by atoms with Crippen LogP contribution in [0.3, 0.4) is 0 Å². The topological polar surface area (TPSA) is 57.5 Å². The van der Waals surface area contributed by atoms with Crippen LogP contribution in [0.5, 0.6) is 0 Å². The van der Waals surface area contributed by atoms with Gasteiger partial charge in [-0.3, -0.25) is 4.79 Å². The van der Waals surface area contributed by atoms with Crippen molar-refractivity contribution in [2.45, 2.75) is 5.85 Å². The quantitative estimate of drug-likeness (QED) is 0.645. The van der Waals surface area contributed by atoms with Crippen molar-refractivity contribution in [3.63, 3.8) is 0 Å². The molecule has 7 heteroatoms. The Bertz CT molecular complexity index is 345. The average molecular weight is 212 g/mol. The third kappa shape index (κ3) is 1.39. The Labute approximate surface area is 75.0 Å². The van der Waals surface area contributed by atoms with Crippen molar-refractivity contribution in [1.82, 2.24) is 0 Å². The smallest absolute Gasteiger partial charge is 0.317 e. The molecule has 0 heterocycles. The van der Waals surface area contributed by atoms with Crippen molar-refractivity contribution in [3.8, 4) is 0 Å². The second-order valence-electron chi connectivity index (χ2n) is 2.61. The number of aliphatic hydroxyl groups is 1. The van der Waals surface area contributed by atoms with E-state index in [9.17, 15) is 22.4 Å². The molecule has 0 radical (unpaired) electrons. The van der Waals surface area contributed by atoms with Crippen LogP contribution in [-0.4, -0.2) is 22.0 Å². The lowest BCUT2D eigenvalue weighted by Gasteiger charge is -2.21. The van der Waals surface area contributed by atoms with Gasteiger partial charge in [0, 0.05) is 0 Å². The van der Waals surface area contributed by atoms with Crippen LogP contribution in [0.2, 0.25) is 0 Å². The van der Waals surface area contributed by atoms with Gasteiger partial charge in [0.15, 0.2) is 11.7 Å². The molecule has 0 fully saturated rings. The van der Waals surface area contributed by atoms with Gasteiger partial charge in [0.25, 0.3) is 0 Å². The maximum atomic E-state index is 12.7. The van der Waals surface area contributed by atoms with Gasteiger partial charge in [0.1, 0.15) is 5.92 Å². The average Bonchev–Trinajstić information content (AvgIpc) is 2.08. The number of rotatable bonds is 1. The first-order chi connectivity index (χ1) is 6.28. The summed E-state index contributed by atoms with van der Waals surface area (Å²) in [4.78, 5) is 10.2. The van der Waals surface area contributed by atoms with E-state index in [4.69, 9.17) is 10.2 Å². The molecule has 0 saturated heterocycles. The lowest BCUT2D eigenvalue weighted by atomic mass is 9.97. The van der Waals surface area contributed by atoms with Gasteiger partial charge in [-0.05, 0) is 6.08 Å². The first-order valence-corrected chi connectivity index (χ1v) is 3.36.